The molecule has 6 heteroatoms. The Hall–Kier alpha value is -2.47. The van der Waals surface area contributed by atoms with E-state index < -0.39 is 5.97 Å². The van der Waals surface area contributed by atoms with Crippen LogP contribution in [0.1, 0.15) is 122 Å². The van der Waals surface area contributed by atoms with Gasteiger partial charge in [-0.25, -0.2) is 9.78 Å². The molecule has 8 rings (SSSR count). The minimum absolute atomic E-state index is 0.276. The smallest absolute Gasteiger partial charge is 0.335 e. The summed E-state index contributed by atoms with van der Waals surface area (Å²) in [5, 5.41) is 9.52. The van der Waals surface area contributed by atoms with Crippen LogP contribution in [0.3, 0.4) is 0 Å². The fourth-order valence-electron chi connectivity index (χ4n) is 9.01. The normalized spacial score (nSPS) is 33.1. The van der Waals surface area contributed by atoms with E-state index in [1.807, 2.05) is 6.07 Å². The Labute approximate surface area is 219 Å². The molecular formula is C31H39N3O3. The number of H-pyrrole nitrogens is 1. The van der Waals surface area contributed by atoms with Gasteiger partial charge in [0, 0.05) is 11.6 Å². The number of hydrogen-bond acceptors (Lipinski definition) is 4. The van der Waals surface area contributed by atoms with Gasteiger partial charge in [-0.3, -0.25) is 4.99 Å². The van der Waals surface area contributed by atoms with E-state index in [4.69, 9.17) is 9.72 Å². The lowest BCUT2D eigenvalue weighted by atomic mass is 9.48. The lowest BCUT2D eigenvalue weighted by Gasteiger charge is -2.57. The van der Waals surface area contributed by atoms with Crippen LogP contribution in [0.15, 0.2) is 29.3 Å². The number of nitrogens with one attached hydrogen (secondary N) is 1. The van der Waals surface area contributed by atoms with E-state index in [1.165, 1.54) is 82.7 Å². The van der Waals surface area contributed by atoms with Crippen molar-refractivity contribution in [3.63, 3.8) is 0 Å². The average Bonchev–Trinajstić information content (AvgIpc) is 3.55. The first-order valence-corrected chi connectivity index (χ1v) is 14.6. The van der Waals surface area contributed by atoms with Gasteiger partial charge in [-0.05, 0) is 105 Å². The first-order chi connectivity index (χ1) is 18.1. The highest BCUT2D eigenvalue weighted by Crippen LogP contribution is 2.61. The van der Waals surface area contributed by atoms with E-state index in [2.05, 4.69) is 9.98 Å². The van der Waals surface area contributed by atoms with Gasteiger partial charge in [-0.2, -0.15) is 0 Å². The topological polar surface area (TPSA) is 87.6 Å². The number of carboxylic acids is 1. The molecule has 37 heavy (non-hydrogen) atoms. The third-order valence-electron chi connectivity index (χ3n) is 10.3. The summed E-state index contributed by atoms with van der Waals surface area (Å²) in [6, 6.07) is 7.08. The van der Waals surface area contributed by atoms with Crippen molar-refractivity contribution in [2.45, 2.75) is 95.5 Å². The summed E-state index contributed by atoms with van der Waals surface area (Å²) in [4.78, 5) is 25.4. The summed E-state index contributed by atoms with van der Waals surface area (Å²) in [5.74, 6) is 3.59. The standard InChI is InChI=1S/C31H39N3O3/c35-30(36)24-8-4-7-23(14-24)26-28(37-18-32-26)27-25(33-29(34-27)22-5-2-1-3-6-22)9-10-31-15-19-11-20(16-31)13-21(12-19)17-31/h4,7-8,14,19-22,28H,1-3,5-6,9-13,15-18H2,(H,33,34)(H,35,36). The van der Waals surface area contributed by atoms with Crippen molar-refractivity contribution in [2.75, 3.05) is 6.73 Å². The van der Waals surface area contributed by atoms with Crippen molar-refractivity contribution in [1.82, 2.24) is 9.97 Å². The van der Waals surface area contributed by atoms with Crippen LogP contribution in [0.2, 0.25) is 0 Å². The summed E-state index contributed by atoms with van der Waals surface area (Å²) < 4.78 is 6.21. The second kappa shape index (κ2) is 9.37. The summed E-state index contributed by atoms with van der Waals surface area (Å²) >= 11 is 0. The summed E-state index contributed by atoms with van der Waals surface area (Å²) in [6.45, 7) is 0.289. The molecule has 1 aromatic carbocycles. The fourth-order valence-corrected chi connectivity index (χ4v) is 9.01. The number of aromatic amines is 1. The van der Waals surface area contributed by atoms with E-state index in [0.29, 0.717) is 11.3 Å². The highest BCUT2D eigenvalue weighted by Gasteiger charge is 2.50. The quantitative estimate of drug-likeness (QED) is 0.436. The summed E-state index contributed by atoms with van der Waals surface area (Å²) in [6.07, 6.45) is 16.9. The SMILES string of the molecule is O=C(O)c1cccc(C2=NCOC2c2nc(C3CCCCC3)[nH]c2CCC23CC4CC(CC(C4)C2)C3)c1. The summed E-state index contributed by atoms with van der Waals surface area (Å²) in [5.41, 5.74) is 4.63. The predicted octanol–water partition coefficient (Wildman–Crippen LogP) is 6.82. The van der Waals surface area contributed by atoms with Crippen molar-refractivity contribution < 1.29 is 14.6 Å². The van der Waals surface area contributed by atoms with Gasteiger partial charge in [0.25, 0.3) is 0 Å². The van der Waals surface area contributed by atoms with Gasteiger partial charge in [0.05, 0.1) is 17.0 Å². The minimum atomic E-state index is -0.923. The zero-order valence-corrected chi connectivity index (χ0v) is 21.8. The highest BCUT2D eigenvalue weighted by atomic mass is 16.5. The molecule has 0 spiro atoms. The molecular weight excluding hydrogens is 462 g/mol. The van der Waals surface area contributed by atoms with Gasteiger partial charge in [0.15, 0.2) is 0 Å². The maximum absolute atomic E-state index is 11.6. The van der Waals surface area contributed by atoms with Crippen LogP contribution in [-0.2, 0) is 11.2 Å². The largest absolute Gasteiger partial charge is 0.478 e. The van der Waals surface area contributed by atoms with Gasteiger partial charge >= 0.3 is 5.97 Å². The molecule has 2 heterocycles. The molecule has 2 aromatic rings. The maximum atomic E-state index is 11.6. The van der Waals surface area contributed by atoms with Crippen molar-refractivity contribution in [3.05, 3.63) is 52.6 Å². The molecule has 6 aliphatic rings. The van der Waals surface area contributed by atoms with Crippen molar-refractivity contribution in [1.29, 1.82) is 0 Å². The Balaban J connectivity index is 1.19. The van der Waals surface area contributed by atoms with Crippen LogP contribution in [0.25, 0.3) is 0 Å². The number of carbonyl (C=O) groups is 1. The Kier molecular flexibility index (Phi) is 5.99. The Morgan fingerprint density at radius 1 is 1.05 bits per heavy atom. The van der Waals surface area contributed by atoms with Crippen LogP contribution in [0.5, 0.6) is 0 Å². The first-order valence-electron chi connectivity index (χ1n) is 14.6. The van der Waals surface area contributed by atoms with Gasteiger partial charge in [0.2, 0.25) is 0 Å². The maximum Gasteiger partial charge on any atom is 0.335 e. The van der Waals surface area contributed by atoms with Crippen molar-refractivity contribution in [3.8, 4) is 0 Å². The zero-order chi connectivity index (χ0) is 25.0. The highest BCUT2D eigenvalue weighted by molar-refractivity contribution is 6.06. The Morgan fingerprint density at radius 2 is 1.78 bits per heavy atom. The van der Waals surface area contributed by atoms with E-state index in [0.717, 1.165) is 47.0 Å². The molecule has 5 aliphatic carbocycles. The molecule has 2 N–H and O–H groups in total. The monoisotopic (exact) mass is 501 g/mol. The van der Waals surface area contributed by atoms with E-state index in [-0.39, 0.29) is 18.4 Å². The van der Waals surface area contributed by atoms with E-state index in [9.17, 15) is 9.90 Å². The molecule has 5 saturated carbocycles. The Morgan fingerprint density at radius 3 is 2.49 bits per heavy atom. The number of imidazole rings is 1. The molecule has 0 saturated heterocycles. The lowest BCUT2D eigenvalue weighted by Crippen LogP contribution is -2.46. The molecule has 5 fully saturated rings. The van der Waals surface area contributed by atoms with Crippen molar-refractivity contribution in [2.24, 2.45) is 28.2 Å². The molecule has 0 amide bonds. The lowest BCUT2D eigenvalue weighted by molar-refractivity contribution is -0.0571. The number of aryl methyl sites for hydroxylation is 1. The number of aliphatic imine (C=N–C) groups is 1. The van der Waals surface area contributed by atoms with Crippen LogP contribution in [0, 0.1) is 23.2 Å². The summed E-state index contributed by atoms with van der Waals surface area (Å²) in [7, 11) is 0. The van der Waals surface area contributed by atoms with E-state index in [1.54, 1.807) is 18.2 Å². The fraction of sp³-hybridized carbons (Fsp3) is 0.645. The Bertz CT molecular complexity index is 1170. The van der Waals surface area contributed by atoms with Gasteiger partial charge in [-0.1, -0.05) is 31.4 Å². The third kappa shape index (κ3) is 4.45. The number of aromatic carboxylic acids is 1. The van der Waals surface area contributed by atoms with Gasteiger partial charge in [-0.15, -0.1) is 0 Å². The van der Waals surface area contributed by atoms with Crippen molar-refractivity contribution >= 4 is 11.7 Å². The van der Waals surface area contributed by atoms with Crippen LogP contribution in [0.4, 0.5) is 0 Å². The van der Waals surface area contributed by atoms with Gasteiger partial charge < -0.3 is 14.8 Å². The molecule has 1 unspecified atom stereocenters. The molecule has 1 atom stereocenters. The molecule has 1 aromatic heterocycles. The molecule has 0 radical (unpaired) electrons. The van der Waals surface area contributed by atoms with E-state index >= 15 is 0 Å². The first kappa shape index (κ1) is 23.6. The third-order valence-corrected chi connectivity index (χ3v) is 10.3. The number of benzene rings is 1. The minimum Gasteiger partial charge on any atom is -0.478 e. The second-order valence-corrected chi connectivity index (χ2v) is 12.8. The molecule has 196 valence electrons. The zero-order valence-electron chi connectivity index (χ0n) is 21.8. The molecule has 1 aliphatic heterocycles. The number of carboxylic acid groups (broad SMARTS) is 1. The molecule has 4 bridgehead atoms. The number of nitrogens with zero attached hydrogens (tertiary/aromatic N) is 2. The van der Waals surface area contributed by atoms with Crippen LogP contribution in [-0.4, -0.2) is 33.5 Å². The predicted molar refractivity (Wildman–Crippen MR) is 142 cm³/mol. The van der Waals surface area contributed by atoms with Crippen LogP contribution >= 0.6 is 0 Å². The average molecular weight is 502 g/mol. The van der Waals surface area contributed by atoms with Gasteiger partial charge in [0.1, 0.15) is 18.7 Å². The second-order valence-electron chi connectivity index (χ2n) is 12.8. The number of ether oxygens (including phenoxy) is 1. The number of rotatable bonds is 7. The van der Waals surface area contributed by atoms with Crippen LogP contribution < -0.4 is 0 Å². The number of aromatic nitrogens is 2. The number of hydrogen-bond donors (Lipinski definition) is 2. The molecule has 6 nitrogen and oxygen atoms in total.